The van der Waals surface area contributed by atoms with Crippen LogP contribution in [0.15, 0.2) is 0 Å². The van der Waals surface area contributed by atoms with Crippen LogP contribution in [0.3, 0.4) is 0 Å². The van der Waals surface area contributed by atoms with Crippen molar-refractivity contribution in [3.8, 4) is 0 Å². The quantitative estimate of drug-likeness (QED) is 0.243. The van der Waals surface area contributed by atoms with Crippen molar-refractivity contribution in [2.75, 3.05) is 13.2 Å². The van der Waals surface area contributed by atoms with E-state index in [9.17, 15) is 14.7 Å². The Bertz CT molecular complexity index is 243. The predicted octanol–water partition coefficient (Wildman–Crippen LogP) is -3.18. The molecule has 0 heterocycles. The fourth-order valence-electron chi connectivity index (χ4n) is 1.02. The minimum Gasteiger partial charge on any atom is -0.481 e. The van der Waals surface area contributed by atoms with Crippen molar-refractivity contribution in [2.24, 2.45) is 11.7 Å². The Balaban J connectivity index is 4.38. The molecule has 94 valence electrons. The van der Waals surface area contributed by atoms with Crippen molar-refractivity contribution in [1.82, 2.24) is 5.32 Å². The summed E-state index contributed by atoms with van der Waals surface area (Å²) in [5.74, 6) is -3.10. The summed E-state index contributed by atoms with van der Waals surface area (Å²) in [6, 6.07) is -1.26. The number of aliphatic hydroxyl groups excluding tert-OH is 3. The highest BCUT2D eigenvalue weighted by Crippen LogP contribution is 2.02. The molecule has 0 rings (SSSR count). The molecule has 0 aliphatic rings. The molecule has 0 spiro atoms. The lowest BCUT2D eigenvalue weighted by Crippen LogP contribution is -2.51. The molecule has 2 atom stereocenters. The van der Waals surface area contributed by atoms with E-state index in [0.717, 1.165) is 0 Å². The summed E-state index contributed by atoms with van der Waals surface area (Å²) in [5.41, 5.74) is 4.92. The molecular formula is C8H16N2O6. The molecule has 0 aromatic rings. The zero-order chi connectivity index (χ0) is 12.7. The van der Waals surface area contributed by atoms with Crippen LogP contribution in [0.1, 0.15) is 6.42 Å². The zero-order valence-corrected chi connectivity index (χ0v) is 8.54. The number of nitrogens with two attached hydrogens (primary N) is 1. The van der Waals surface area contributed by atoms with E-state index in [4.69, 9.17) is 21.1 Å². The zero-order valence-electron chi connectivity index (χ0n) is 8.54. The smallest absolute Gasteiger partial charge is 0.305 e. The Hall–Kier alpha value is -1.22. The van der Waals surface area contributed by atoms with Crippen LogP contribution < -0.4 is 11.1 Å². The number of aliphatic hydroxyl groups is 3. The molecule has 0 fully saturated rings. The van der Waals surface area contributed by atoms with Crippen LogP contribution in [0.2, 0.25) is 0 Å². The molecule has 0 aliphatic heterocycles. The van der Waals surface area contributed by atoms with Crippen LogP contribution in [0, 0.1) is 5.92 Å². The maximum absolute atomic E-state index is 10.8. The SMILES string of the molecule is NC(=O)[C@H](CC(=O)O)NC(O)C(CO)CO. The molecule has 8 nitrogen and oxygen atoms in total. The number of amides is 1. The van der Waals surface area contributed by atoms with Crippen molar-refractivity contribution in [2.45, 2.75) is 18.7 Å². The maximum Gasteiger partial charge on any atom is 0.305 e. The minimum absolute atomic E-state index is 0.511. The van der Waals surface area contributed by atoms with Gasteiger partial charge in [0.05, 0.1) is 25.7 Å². The van der Waals surface area contributed by atoms with Crippen LogP contribution in [0.5, 0.6) is 0 Å². The number of aliphatic carboxylic acids is 1. The van der Waals surface area contributed by atoms with Crippen LogP contribution >= 0.6 is 0 Å². The summed E-state index contributed by atoms with van der Waals surface area (Å²) in [7, 11) is 0. The average Bonchev–Trinajstić information content (AvgIpc) is 2.17. The van der Waals surface area contributed by atoms with Gasteiger partial charge in [-0.25, -0.2) is 0 Å². The van der Waals surface area contributed by atoms with Gasteiger partial charge in [0.2, 0.25) is 5.91 Å². The van der Waals surface area contributed by atoms with Gasteiger partial charge in [0.25, 0.3) is 0 Å². The lowest BCUT2D eigenvalue weighted by molar-refractivity contribution is -0.140. The van der Waals surface area contributed by atoms with E-state index in [1.54, 1.807) is 0 Å². The first-order chi connectivity index (χ1) is 7.42. The van der Waals surface area contributed by atoms with E-state index in [1.807, 2.05) is 0 Å². The number of carboxylic acids is 1. The van der Waals surface area contributed by atoms with Crippen molar-refractivity contribution in [3.63, 3.8) is 0 Å². The third-order valence-corrected chi connectivity index (χ3v) is 2.01. The highest BCUT2D eigenvalue weighted by atomic mass is 16.4. The second kappa shape index (κ2) is 7.12. The Morgan fingerprint density at radius 2 is 1.75 bits per heavy atom. The second-order valence-corrected chi connectivity index (χ2v) is 3.29. The van der Waals surface area contributed by atoms with Gasteiger partial charge in [-0.05, 0) is 0 Å². The van der Waals surface area contributed by atoms with Gasteiger partial charge in [-0.1, -0.05) is 0 Å². The molecule has 0 aliphatic carbocycles. The van der Waals surface area contributed by atoms with Crippen LogP contribution in [0.25, 0.3) is 0 Å². The van der Waals surface area contributed by atoms with Crippen molar-refractivity contribution >= 4 is 11.9 Å². The molecule has 16 heavy (non-hydrogen) atoms. The Morgan fingerprint density at radius 3 is 2.06 bits per heavy atom. The molecule has 1 amide bonds. The lowest BCUT2D eigenvalue weighted by Gasteiger charge is -2.23. The van der Waals surface area contributed by atoms with E-state index in [2.05, 4.69) is 5.32 Å². The molecule has 1 unspecified atom stereocenters. The Labute approximate surface area is 91.7 Å². The molecular weight excluding hydrogens is 220 g/mol. The van der Waals surface area contributed by atoms with E-state index in [-0.39, 0.29) is 0 Å². The number of carbonyl (C=O) groups excluding carboxylic acids is 1. The van der Waals surface area contributed by atoms with Gasteiger partial charge in [-0.2, -0.15) is 0 Å². The summed E-state index contributed by atoms with van der Waals surface area (Å²) >= 11 is 0. The van der Waals surface area contributed by atoms with Gasteiger partial charge in [0, 0.05) is 5.92 Å². The van der Waals surface area contributed by atoms with Gasteiger partial charge in [-0.3, -0.25) is 14.9 Å². The van der Waals surface area contributed by atoms with E-state index in [1.165, 1.54) is 0 Å². The molecule has 0 radical (unpaired) electrons. The van der Waals surface area contributed by atoms with Gasteiger partial charge in [-0.15, -0.1) is 0 Å². The number of carboxylic acid groups (broad SMARTS) is 1. The third kappa shape index (κ3) is 5.03. The van der Waals surface area contributed by atoms with Crippen molar-refractivity contribution < 1.29 is 30.0 Å². The first kappa shape index (κ1) is 14.8. The number of nitrogens with one attached hydrogen (secondary N) is 1. The fourth-order valence-corrected chi connectivity index (χ4v) is 1.02. The van der Waals surface area contributed by atoms with E-state index in [0.29, 0.717) is 0 Å². The average molecular weight is 236 g/mol. The van der Waals surface area contributed by atoms with Gasteiger partial charge in [0.1, 0.15) is 6.23 Å². The van der Waals surface area contributed by atoms with Crippen LogP contribution in [-0.2, 0) is 9.59 Å². The summed E-state index contributed by atoms with van der Waals surface area (Å²) in [4.78, 5) is 21.2. The number of rotatable bonds is 8. The number of primary amides is 1. The second-order valence-electron chi connectivity index (χ2n) is 3.29. The molecule has 0 aromatic carbocycles. The highest BCUT2D eigenvalue weighted by molar-refractivity contribution is 5.84. The van der Waals surface area contributed by atoms with Crippen LogP contribution in [-0.4, -0.2) is 57.8 Å². The third-order valence-electron chi connectivity index (χ3n) is 2.01. The topological polar surface area (TPSA) is 153 Å². The minimum atomic E-state index is -1.41. The molecule has 0 saturated heterocycles. The molecule has 7 N–H and O–H groups in total. The summed E-state index contributed by atoms with van der Waals surface area (Å²) in [6.07, 6.45) is -2.00. The molecule has 0 bridgehead atoms. The number of hydrogen-bond acceptors (Lipinski definition) is 6. The van der Waals surface area contributed by atoms with Gasteiger partial charge in [0.15, 0.2) is 0 Å². The highest BCUT2D eigenvalue weighted by Gasteiger charge is 2.25. The monoisotopic (exact) mass is 236 g/mol. The van der Waals surface area contributed by atoms with Gasteiger partial charge >= 0.3 is 5.97 Å². The van der Waals surface area contributed by atoms with E-state index >= 15 is 0 Å². The fraction of sp³-hybridized carbons (Fsp3) is 0.750. The predicted molar refractivity (Wildman–Crippen MR) is 52.0 cm³/mol. The lowest BCUT2D eigenvalue weighted by atomic mass is 10.1. The van der Waals surface area contributed by atoms with Crippen molar-refractivity contribution in [1.29, 1.82) is 0 Å². The Morgan fingerprint density at radius 1 is 1.25 bits per heavy atom. The summed E-state index contributed by atoms with van der Waals surface area (Å²) in [6.45, 7) is -1.02. The first-order valence-corrected chi connectivity index (χ1v) is 4.59. The maximum atomic E-state index is 10.8. The van der Waals surface area contributed by atoms with E-state index < -0.39 is 49.7 Å². The molecule has 0 saturated carbocycles. The molecule has 0 aromatic heterocycles. The van der Waals surface area contributed by atoms with Crippen LogP contribution in [0.4, 0.5) is 0 Å². The molecule has 8 heteroatoms. The normalized spacial score (nSPS) is 14.8. The Kier molecular flexibility index (Phi) is 6.58. The summed E-state index contributed by atoms with van der Waals surface area (Å²) < 4.78 is 0. The van der Waals surface area contributed by atoms with Gasteiger partial charge < -0.3 is 26.2 Å². The first-order valence-electron chi connectivity index (χ1n) is 4.59. The largest absolute Gasteiger partial charge is 0.481 e. The standard InChI is InChI=1S/C8H16N2O6/c9-7(15)5(1-6(13)14)10-8(16)4(2-11)3-12/h4-5,8,10-12,16H,1-3H2,(H2,9,15)(H,13,14)/t5-,8?/m0/s1. The van der Waals surface area contributed by atoms with Crippen molar-refractivity contribution in [3.05, 3.63) is 0 Å². The number of hydrogen-bond donors (Lipinski definition) is 6. The summed E-state index contributed by atoms with van der Waals surface area (Å²) in [5, 5.41) is 37.6. The number of carbonyl (C=O) groups is 2.